The van der Waals surface area contributed by atoms with Crippen LogP contribution < -0.4 is 10.6 Å². The van der Waals surface area contributed by atoms with E-state index in [0.29, 0.717) is 17.5 Å². The highest BCUT2D eigenvalue weighted by Crippen LogP contribution is 2.20. The van der Waals surface area contributed by atoms with E-state index in [4.69, 9.17) is 0 Å². The van der Waals surface area contributed by atoms with E-state index in [1.54, 1.807) is 24.3 Å². The Hall–Kier alpha value is -1.88. The third kappa shape index (κ3) is 6.82. The maximum absolute atomic E-state index is 12.2. The third-order valence-electron chi connectivity index (χ3n) is 3.24. The Kier molecular flexibility index (Phi) is 6.76. The summed E-state index contributed by atoms with van der Waals surface area (Å²) in [5, 5.41) is 15.1. The number of hydrogen-bond donors (Lipinski definition) is 3. The van der Waals surface area contributed by atoms with Gasteiger partial charge in [0.2, 0.25) is 0 Å². The van der Waals surface area contributed by atoms with Crippen molar-refractivity contribution < 1.29 is 14.7 Å². The van der Waals surface area contributed by atoms with Crippen LogP contribution >= 0.6 is 0 Å². The van der Waals surface area contributed by atoms with Gasteiger partial charge in [0.25, 0.3) is 11.8 Å². The summed E-state index contributed by atoms with van der Waals surface area (Å²) in [5.74, 6) is -0.406. The molecule has 1 atom stereocenters. The monoisotopic (exact) mass is 320 g/mol. The quantitative estimate of drug-likeness (QED) is 0.753. The molecule has 5 heteroatoms. The zero-order valence-electron chi connectivity index (χ0n) is 14.6. The van der Waals surface area contributed by atoms with E-state index < -0.39 is 0 Å². The summed E-state index contributed by atoms with van der Waals surface area (Å²) in [7, 11) is 0. The smallest absolute Gasteiger partial charge is 0.251 e. The molecule has 0 aliphatic carbocycles. The normalized spacial score (nSPS) is 12.8. The molecule has 0 bridgehead atoms. The van der Waals surface area contributed by atoms with Crippen LogP contribution in [-0.2, 0) is 0 Å². The predicted octanol–water partition coefficient (Wildman–Crippen LogP) is 2.35. The fourth-order valence-electron chi connectivity index (χ4n) is 2.29. The van der Waals surface area contributed by atoms with Gasteiger partial charge in [0.15, 0.2) is 0 Å². The first-order valence-electron chi connectivity index (χ1n) is 7.95. The molecule has 1 rings (SSSR count). The lowest BCUT2D eigenvalue weighted by Gasteiger charge is -2.25. The molecular weight excluding hydrogens is 292 g/mol. The largest absolute Gasteiger partial charge is 0.394 e. The fraction of sp³-hybridized carbons (Fsp3) is 0.556. The molecule has 0 saturated heterocycles. The van der Waals surface area contributed by atoms with Gasteiger partial charge in [-0.1, -0.05) is 20.8 Å². The minimum Gasteiger partial charge on any atom is -0.394 e. The molecule has 128 valence electrons. The van der Waals surface area contributed by atoms with Crippen LogP contribution in [0.15, 0.2) is 24.3 Å². The highest BCUT2D eigenvalue weighted by Gasteiger charge is 2.20. The average molecular weight is 320 g/mol. The molecule has 3 N–H and O–H groups in total. The Bertz CT molecular complexity index is 530. The Labute approximate surface area is 138 Å². The number of rotatable bonds is 6. The highest BCUT2D eigenvalue weighted by molar-refractivity contribution is 5.98. The standard InChI is InChI=1S/C18H28N2O3/c1-12(2)19-16(22)13-6-8-14(9-7-13)17(23)20-15(11-21)10-18(3,4)5/h6-9,12,15,21H,10-11H2,1-5H3,(H,19,22)(H,20,23). The van der Waals surface area contributed by atoms with E-state index in [0.717, 1.165) is 0 Å². The minimum atomic E-state index is -0.286. The van der Waals surface area contributed by atoms with Gasteiger partial charge >= 0.3 is 0 Å². The molecule has 1 unspecified atom stereocenters. The number of carbonyl (C=O) groups excluding carboxylic acids is 2. The molecule has 23 heavy (non-hydrogen) atoms. The SMILES string of the molecule is CC(C)NC(=O)c1ccc(C(=O)NC(CO)CC(C)(C)C)cc1. The first-order valence-corrected chi connectivity index (χ1v) is 7.95. The summed E-state index contributed by atoms with van der Waals surface area (Å²) >= 11 is 0. The summed E-state index contributed by atoms with van der Waals surface area (Å²) in [5.41, 5.74) is 1.00. The maximum Gasteiger partial charge on any atom is 0.251 e. The van der Waals surface area contributed by atoms with Gasteiger partial charge in [-0.15, -0.1) is 0 Å². The zero-order chi connectivity index (χ0) is 17.6. The van der Waals surface area contributed by atoms with Crippen molar-refractivity contribution in [3.8, 4) is 0 Å². The van der Waals surface area contributed by atoms with Gasteiger partial charge in [-0.05, 0) is 49.9 Å². The third-order valence-corrected chi connectivity index (χ3v) is 3.24. The van der Waals surface area contributed by atoms with E-state index in [1.807, 2.05) is 13.8 Å². The summed E-state index contributed by atoms with van der Waals surface area (Å²) in [6.45, 7) is 9.86. The van der Waals surface area contributed by atoms with Crippen molar-refractivity contribution >= 4 is 11.8 Å². The van der Waals surface area contributed by atoms with E-state index >= 15 is 0 Å². The topological polar surface area (TPSA) is 78.4 Å². The number of aliphatic hydroxyl groups excluding tert-OH is 1. The van der Waals surface area contributed by atoms with Crippen LogP contribution in [0.3, 0.4) is 0 Å². The molecule has 0 aliphatic heterocycles. The lowest BCUT2D eigenvalue weighted by molar-refractivity contribution is 0.0894. The Morgan fingerprint density at radius 3 is 1.78 bits per heavy atom. The molecule has 1 aromatic rings. The molecule has 0 fully saturated rings. The predicted molar refractivity (Wildman–Crippen MR) is 91.5 cm³/mol. The number of nitrogens with one attached hydrogen (secondary N) is 2. The van der Waals surface area contributed by atoms with Gasteiger partial charge in [-0.3, -0.25) is 9.59 Å². The zero-order valence-corrected chi connectivity index (χ0v) is 14.6. The molecule has 0 aromatic heterocycles. The number of carbonyl (C=O) groups is 2. The first-order chi connectivity index (χ1) is 10.6. The van der Waals surface area contributed by atoms with Crippen molar-refractivity contribution in [2.75, 3.05) is 6.61 Å². The second-order valence-corrected chi connectivity index (χ2v) is 7.32. The molecule has 0 spiro atoms. The molecule has 0 aliphatic rings. The van der Waals surface area contributed by atoms with Gasteiger partial charge < -0.3 is 15.7 Å². The maximum atomic E-state index is 12.2. The van der Waals surface area contributed by atoms with Crippen LogP contribution in [0.25, 0.3) is 0 Å². The molecule has 0 heterocycles. The molecule has 0 radical (unpaired) electrons. The highest BCUT2D eigenvalue weighted by atomic mass is 16.3. The Morgan fingerprint density at radius 2 is 1.43 bits per heavy atom. The van der Waals surface area contributed by atoms with Gasteiger partial charge in [0.05, 0.1) is 12.6 Å². The van der Waals surface area contributed by atoms with Gasteiger partial charge in [-0.2, -0.15) is 0 Å². The molecule has 2 amide bonds. The number of benzene rings is 1. The van der Waals surface area contributed by atoms with Crippen molar-refractivity contribution in [2.24, 2.45) is 5.41 Å². The van der Waals surface area contributed by atoms with Crippen molar-refractivity contribution in [1.29, 1.82) is 0 Å². The summed E-state index contributed by atoms with van der Waals surface area (Å²) in [6, 6.07) is 6.28. The van der Waals surface area contributed by atoms with Gasteiger partial charge in [0.1, 0.15) is 0 Å². The fourth-order valence-corrected chi connectivity index (χ4v) is 2.29. The summed E-state index contributed by atoms with van der Waals surface area (Å²) < 4.78 is 0. The van der Waals surface area contributed by atoms with Crippen LogP contribution in [0.2, 0.25) is 0 Å². The van der Waals surface area contributed by atoms with Gasteiger partial charge in [0, 0.05) is 17.2 Å². The molecule has 5 nitrogen and oxygen atoms in total. The number of aliphatic hydroxyl groups is 1. The van der Waals surface area contributed by atoms with Crippen molar-refractivity contribution in [2.45, 2.75) is 53.1 Å². The lowest BCUT2D eigenvalue weighted by Crippen LogP contribution is -2.40. The molecule has 0 saturated carbocycles. The van der Waals surface area contributed by atoms with Crippen LogP contribution in [-0.4, -0.2) is 35.6 Å². The lowest BCUT2D eigenvalue weighted by atomic mass is 9.88. The summed E-state index contributed by atoms with van der Waals surface area (Å²) in [4.78, 5) is 24.1. The average Bonchev–Trinajstić information content (AvgIpc) is 2.44. The van der Waals surface area contributed by atoms with Gasteiger partial charge in [-0.25, -0.2) is 0 Å². The van der Waals surface area contributed by atoms with E-state index in [2.05, 4.69) is 31.4 Å². The number of amides is 2. The van der Waals surface area contributed by atoms with Crippen LogP contribution in [0, 0.1) is 5.41 Å². The second kappa shape index (κ2) is 8.11. The van der Waals surface area contributed by atoms with E-state index in [9.17, 15) is 14.7 Å². The Balaban J connectivity index is 2.72. The van der Waals surface area contributed by atoms with E-state index in [1.165, 1.54) is 0 Å². The first kappa shape index (κ1) is 19.2. The molecular formula is C18H28N2O3. The van der Waals surface area contributed by atoms with Crippen molar-refractivity contribution in [1.82, 2.24) is 10.6 Å². The minimum absolute atomic E-state index is 0.0134. The second-order valence-electron chi connectivity index (χ2n) is 7.32. The summed E-state index contributed by atoms with van der Waals surface area (Å²) in [6.07, 6.45) is 0.685. The molecule has 1 aromatic carbocycles. The van der Waals surface area contributed by atoms with Crippen LogP contribution in [0.5, 0.6) is 0 Å². The van der Waals surface area contributed by atoms with Crippen molar-refractivity contribution in [3.05, 3.63) is 35.4 Å². The Morgan fingerprint density at radius 1 is 1.00 bits per heavy atom. The van der Waals surface area contributed by atoms with Crippen LogP contribution in [0.4, 0.5) is 0 Å². The van der Waals surface area contributed by atoms with Crippen LogP contribution in [0.1, 0.15) is 61.8 Å². The van der Waals surface area contributed by atoms with E-state index in [-0.39, 0.29) is 35.9 Å². The van der Waals surface area contributed by atoms with Crippen molar-refractivity contribution in [3.63, 3.8) is 0 Å². The number of hydrogen-bond acceptors (Lipinski definition) is 3.